The fourth-order valence-electron chi connectivity index (χ4n) is 3.19. The van der Waals surface area contributed by atoms with Crippen molar-refractivity contribution in [3.05, 3.63) is 29.8 Å². The van der Waals surface area contributed by atoms with Crippen molar-refractivity contribution >= 4 is 11.6 Å². The Morgan fingerprint density at radius 2 is 2.13 bits per heavy atom. The van der Waals surface area contributed by atoms with Gasteiger partial charge in [0.25, 0.3) is 0 Å². The van der Waals surface area contributed by atoms with E-state index >= 15 is 0 Å². The van der Waals surface area contributed by atoms with Crippen LogP contribution in [0.5, 0.6) is 0 Å². The molecular formula is C16H21F2N3O2. The fourth-order valence-corrected chi connectivity index (χ4v) is 3.19. The smallest absolute Gasteiger partial charge is 0.240 e. The molecule has 2 saturated heterocycles. The minimum atomic E-state index is -0.576. The van der Waals surface area contributed by atoms with Gasteiger partial charge in [-0.25, -0.2) is 8.78 Å². The Morgan fingerprint density at radius 3 is 2.83 bits per heavy atom. The van der Waals surface area contributed by atoms with E-state index in [9.17, 15) is 13.6 Å². The average Bonchev–Trinajstić information content (AvgIpc) is 2.95. The molecule has 1 aromatic carbocycles. The first kappa shape index (κ1) is 16.1. The summed E-state index contributed by atoms with van der Waals surface area (Å²) in [4.78, 5) is 14.0. The number of nitrogens with one attached hydrogen (secondary N) is 2. The number of hydrogen-bond acceptors (Lipinski definition) is 4. The molecule has 2 fully saturated rings. The van der Waals surface area contributed by atoms with Crippen molar-refractivity contribution in [3.8, 4) is 0 Å². The number of amides is 1. The van der Waals surface area contributed by atoms with Crippen LogP contribution in [0.1, 0.15) is 13.3 Å². The highest BCUT2D eigenvalue weighted by atomic mass is 19.1. The summed E-state index contributed by atoms with van der Waals surface area (Å²) in [5, 5.41) is 6.08. The largest absolute Gasteiger partial charge is 0.375 e. The monoisotopic (exact) mass is 325 g/mol. The first-order valence-electron chi connectivity index (χ1n) is 7.90. The van der Waals surface area contributed by atoms with Gasteiger partial charge in [0.05, 0.1) is 12.7 Å². The number of para-hydroxylation sites is 1. The van der Waals surface area contributed by atoms with Crippen molar-refractivity contribution < 1.29 is 18.3 Å². The molecule has 126 valence electrons. The topological polar surface area (TPSA) is 53.6 Å². The highest BCUT2D eigenvalue weighted by Gasteiger charge is 2.32. The van der Waals surface area contributed by atoms with Crippen LogP contribution in [0, 0.1) is 11.6 Å². The van der Waals surface area contributed by atoms with E-state index < -0.39 is 11.6 Å². The number of rotatable bonds is 3. The highest BCUT2D eigenvalue weighted by molar-refractivity contribution is 5.83. The summed E-state index contributed by atoms with van der Waals surface area (Å²) in [6, 6.07) is 3.32. The van der Waals surface area contributed by atoms with Crippen LogP contribution in [-0.2, 0) is 9.53 Å². The van der Waals surface area contributed by atoms with Crippen molar-refractivity contribution in [2.24, 2.45) is 0 Å². The Labute approximate surface area is 134 Å². The standard InChI is InChI=1S/C16H21F2N3O2/c1-10-14(19-6-8-23-10)16(22)20-11-5-7-21(9-11)15-12(17)3-2-4-13(15)18/h2-4,10-11,14,19H,5-9H2,1H3,(H,20,22)/t10-,11?,14+/m1/s1. The molecule has 0 spiro atoms. The fraction of sp³-hybridized carbons (Fsp3) is 0.562. The van der Waals surface area contributed by atoms with Gasteiger partial charge in [0.1, 0.15) is 23.4 Å². The first-order valence-corrected chi connectivity index (χ1v) is 7.90. The van der Waals surface area contributed by atoms with Gasteiger partial charge in [0.15, 0.2) is 0 Å². The Hall–Kier alpha value is -1.73. The van der Waals surface area contributed by atoms with Crippen LogP contribution in [0.15, 0.2) is 18.2 Å². The molecule has 2 heterocycles. The molecule has 0 saturated carbocycles. The first-order chi connectivity index (χ1) is 11.1. The number of benzene rings is 1. The number of hydrogen-bond donors (Lipinski definition) is 2. The lowest BCUT2D eigenvalue weighted by Gasteiger charge is -2.30. The normalized spacial score (nSPS) is 28.0. The van der Waals surface area contributed by atoms with Gasteiger partial charge in [0.2, 0.25) is 5.91 Å². The molecule has 1 amide bonds. The maximum absolute atomic E-state index is 13.8. The van der Waals surface area contributed by atoms with Crippen LogP contribution < -0.4 is 15.5 Å². The van der Waals surface area contributed by atoms with Gasteiger partial charge >= 0.3 is 0 Å². The van der Waals surface area contributed by atoms with E-state index in [0.717, 1.165) is 0 Å². The van der Waals surface area contributed by atoms with Crippen LogP contribution in [0.4, 0.5) is 14.5 Å². The molecule has 2 aliphatic rings. The lowest BCUT2D eigenvalue weighted by Crippen LogP contribution is -2.57. The van der Waals surface area contributed by atoms with Gasteiger partial charge in [-0.15, -0.1) is 0 Å². The molecule has 2 aliphatic heterocycles. The minimum absolute atomic E-state index is 0.0169. The summed E-state index contributed by atoms with van der Waals surface area (Å²) in [5.74, 6) is -1.28. The lowest BCUT2D eigenvalue weighted by atomic mass is 10.1. The number of nitrogens with zero attached hydrogens (tertiary/aromatic N) is 1. The van der Waals surface area contributed by atoms with Crippen LogP contribution in [-0.4, -0.2) is 50.3 Å². The molecule has 3 atom stereocenters. The van der Waals surface area contributed by atoms with Gasteiger partial charge in [-0.1, -0.05) is 6.07 Å². The van der Waals surface area contributed by atoms with Crippen LogP contribution >= 0.6 is 0 Å². The molecule has 3 rings (SSSR count). The second-order valence-electron chi connectivity index (χ2n) is 6.02. The third-order valence-electron chi connectivity index (χ3n) is 4.39. The summed E-state index contributed by atoms with van der Waals surface area (Å²) in [6.45, 7) is 3.99. The Bertz CT molecular complexity index is 564. The number of morpholine rings is 1. The Kier molecular flexibility index (Phi) is 4.77. The summed E-state index contributed by atoms with van der Waals surface area (Å²) in [7, 11) is 0. The van der Waals surface area contributed by atoms with E-state index in [1.807, 2.05) is 6.92 Å². The van der Waals surface area contributed by atoms with Gasteiger partial charge in [0, 0.05) is 25.7 Å². The van der Waals surface area contributed by atoms with E-state index in [1.54, 1.807) is 4.90 Å². The molecule has 2 N–H and O–H groups in total. The summed E-state index contributed by atoms with van der Waals surface area (Å²) in [5.41, 5.74) is -0.0169. The molecule has 1 unspecified atom stereocenters. The zero-order valence-electron chi connectivity index (χ0n) is 13.0. The minimum Gasteiger partial charge on any atom is -0.375 e. The van der Waals surface area contributed by atoms with Crippen molar-refractivity contribution in [3.63, 3.8) is 0 Å². The van der Waals surface area contributed by atoms with Gasteiger partial charge in [-0.05, 0) is 25.5 Å². The maximum atomic E-state index is 13.8. The maximum Gasteiger partial charge on any atom is 0.240 e. The second-order valence-corrected chi connectivity index (χ2v) is 6.02. The zero-order valence-corrected chi connectivity index (χ0v) is 13.0. The van der Waals surface area contributed by atoms with Crippen molar-refractivity contribution in [2.45, 2.75) is 31.5 Å². The van der Waals surface area contributed by atoms with E-state index in [4.69, 9.17) is 4.74 Å². The molecule has 7 heteroatoms. The Balaban J connectivity index is 1.61. The van der Waals surface area contributed by atoms with Crippen molar-refractivity contribution in [1.29, 1.82) is 0 Å². The molecule has 0 aromatic heterocycles. The highest BCUT2D eigenvalue weighted by Crippen LogP contribution is 2.26. The number of ether oxygens (including phenoxy) is 1. The third-order valence-corrected chi connectivity index (χ3v) is 4.39. The predicted molar refractivity (Wildman–Crippen MR) is 82.3 cm³/mol. The lowest BCUT2D eigenvalue weighted by molar-refractivity contribution is -0.129. The molecule has 1 aromatic rings. The van der Waals surface area contributed by atoms with Crippen LogP contribution in [0.3, 0.4) is 0 Å². The summed E-state index contributed by atoms with van der Waals surface area (Å²) in [6.07, 6.45) is 0.465. The van der Waals surface area contributed by atoms with E-state index in [1.165, 1.54) is 18.2 Å². The van der Waals surface area contributed by atoms with E-state index in [2.05, 4.69) is 10.6 Å². The Morgan fingerprint density at radius 1 is 1.39 bits per heavy atom. The van der Waals surface area contributed by atoms with E-state index in [-0.39, 0.29) is 29.8 Å². The van der Waals surface area contributed by atoms with Crippen molar-refractivity contribution in [2.75, 3.05) is 31.1 Å². The summed E-state index contributed by atoms with van der Waals surface area (Å²) >= 11 is 0. The zero-order chi connectivity index (χ0) is 16.4. The van der Waals surface area contributed by atoms with Gasteiger partial charge < -0.3 is 20.3 Å². The number of carbonyl (C=O) groups is 1. The third kappa shape index (κ3) is 3.45. The quantitative estimate of drug-likeness (QED) is 0.872. The second kappa shape index (κ2) is 6.80. The predicted octanol–water partition coefficient (Wildman–Crippen LogP) is 1.04. The van der Waals surface area contributed by atoms with Crippen LogP contribution in [0.2, 0.25) is 0 Å². The molecule has 0 radical (unpaired) electrons. The van der Waals surface area contributed by atoms with Crippen molar-refractivity contribution in [1.82, 2.24) is 10.6 Å². The van der Waals surface area contributed by atoms with Gasteiger partial charge in [-0.3, -0.25) is 4.79 Å². The molecule has 0 aliphatic carbocycles. The number of anilines is 1. The molecule has 5 nitrogen and oxygen atoms in total. The SMILES string of the molecule is C[C@H]1OCCN[C@@H]1C(=O)NC1CCN(c2c(F)cccc2F)C1. The molecule has 23 heavy (non-hydrogen) atoms. The van der Waals surface area contributed by atoms with E-state index in [0.29, 0.717) is 32.7 Å². The van der Waals surface area contributed by atoms with Gasteiger partial charge in [-0.2, -0.15) is 0 Å². The molecular weight excluding hydrogens is 304 g/mol. The number of carbonyl (C=O) groups excluding carboxylic acids is 1. The van der Waals surface area contributed by atoms with Crippen LogP contribution in [0.25, 0.3) is 0 Å². The summed E-state index contributed by atoms with van der Waals surface area (Å²) < 4.78 is 33.1. The number of halogens is 2. The molecule has 0 bridgehead atoms. The average molecular weight is 325 g/mol.